The second-order valence-corrected chi connectivity index (χ2v) is 6.84. The van der Waals surface area contributed by atoms with Crippen molar-refractivity contribution in [3.8, 4) is 0 Å². The lowest BCUT2D eigenvalue weighted by molar-refractivity contribution is 0.101. The smallest absolute Gasteiger partial charge is 0.240 e. The van der Waals surface area contributed by atoms with Gasteiger partial charge in [0.15, 0.2) is 5.78 Å². The minimum atomic E-state index is -3.56. The van der Waals surface area contributed by atoms with E-state index in [1.165, 1.54) is 19.1 Å². The lowest BCUT2D eigenvalue weighted by Crippen LogP contribution is -2.46. The molecule has 0 aliphatic carbocycles. The molecule has 2 rings (SSSR count). The highest BCUT2D eigenvalue weighted by molar-refractivity contribution is 7.89. The quantitative estimate of drug-likeness (QED) is 0.714. The van der Waals surface area contributed by atoms with Gasteiger partial charge in [-0.3, -0.25) is 9.69 Å². The topological polar surface area (TPSA) is 78.5 Å². The number of rotatable bonds is 6. The number of hydrogen-bond donors (Lipinski definition) is 2. The van der Waals surface area contributed by atoms with Crippen LogP contribution in [0, 0.1) is 0 Å². The van der Waals surface area contributed by atoms with Crippen LogP contribution in [0.15, 0.2) is 29.2 Å². The van der Waals surface area contributed by atoms with Gasteiger partial charge >= 0.3 is 0 Å². The maximum absolute atomic E-state index is 12.2. The predicted octanol–water partition coefficient (Wildman–Crippen LogP) is 0.916. The molecule has 23 heavy (non-hydrogen) atoms. The van der Waals surface area contributed by atoms with Crippen LogP contribution in [0.25, 0.3) is 0 Å². The van der Waals surface area contributed by atoms with E-state index in [0.717, 1.165) is 26.2 Å². The summed E-state index contributed by atoms with van der Waals surface area (Å²) in [5.41, 5.74) is 0.403. The molecular weight excluding hydrogens is 361 g/mol. The van der Waals surface area contributed by atoms with E-state index in [1.54, 1.807) is 12.1 Å². The second kappa shape index (κ2) is 10.2. The van der Waals surface area contributed by atoms with Crippen LogP contribution < -0.4 is 10.0 Å². The van der Waals surface area contributed by atoms with Crippen molar-refractivity contribution in [2.24, 2.45) is 0 Å². The number of Topliss-reactive ketones (excluding diaryl/α,β-unsaturated/α-hetero) is 1. The Labute approximate surface area is 149 Å². The van der Waals surface area contributed by atoms with Crippen molar-refractivity contribution < 1.29 is 13.2 Å². The average Bonchev–Trinajstić information content (AvgIpc) is 2.48. The first-order chi connectivity index (χ1) is 9.99. The van der Waals surface area contributed by atoms with E-state index < -0.39 is 10.0 Å². The summed E-state index contributed by atoms with van der Waals surface area (Å²) in [6, 6.07) is 6.11. The van der Waals surface area contributed by atoms with Crippen LogP contribution in [0.2, 0.25) is 0 Å². The fourth-order valence-corrected chi connectivity index (χ4v) is 3.30. The Bertz CT molecular complexity index is 605. The van der Waals surface area contributed by atoms with Gasteiger partial charge in [-0.2, -0.15) is 0 Å². The van der Waals surface area contributed by atoms with Crippen LogP contribution >= 0.6 is 24.8 Å². The van der Waals surface area contributed by atoms with Crippen molar-refractivity contribution in [1.82, 2.24) is 14.9 Å². The molecule has 1 aliphatic rings. The first-order valence-electron chi connectivity index (χ1n) is 7.03. The molecule has 0 bridgehead atoms. The molecule has 2 N–H and O–H groups in total. The molecule has 132 valence electrons. The Hall–Kier alpha value is -0.700. The van der Waals surface area contributed by atoms with E-state index in [2.05, 4.69) is 14.9 Å². The summed E-state index contributed by atoms with van der Waals surface area (Å²) in [6.07, 6.45) is 0. The van der Waals surface area contributed by atoms with E-state index in [1.807, 2.05) is 0 Å². The lowest BCUT2D eigenvalue weighted by atomic mass is 10.2. The zero-order valence-corrected chi connectivity index (χ0v) is 15.4. The third-order valence-electron chi connectivity index (χ3n) is 3.48. The maximum atomic E-state index is 12.2. The van der Waals surface area contributed by atoms with Crippen LogP contribution in [0.3, 0.4) is 0 Å². The number of sulfonamides is 1. The minimum Gasteiger partial charge on any atom is -0.314 e. The van der Waals surface area contributed by atoms with Gasteiger partial charge in [-0.05, 0) is 19.1 Å². The number of hydrogen-bond acceptors (Lipinski definition) is 5. The molecule has 6 nitrogen and oxygen atoms in total. The largest absolute Gasteiger partial charge is 0.314 e. The van der Waals surface area contributed by atoms with Crippen molar-refractivity contribution in [3.63, 3.8) is 0 Å². The Balaban J connectivity index is 0.00000242. The molecule has 0 spiro atoms. The Kier molecular flexibility index (Phi) is 9.91. The SMILES string of the molecule is CC(=O)c1cccc(S(=O)(=O)NCCN2CCNCC2)c1.Cl.Cl. The maximum Gasteiger partial charge on any atom is 0.240 e. The van der Waals surface area contributed by atoms with Crippen molar-refractivity contribution in [1.29, 1.82) is 0 Å². The summed E-state index contributed by atoms with van der Waals surface area (Å²) in [4.78, 5) is 13.7. The minimum absolute atomic E-state index is 0. The van der Waals surface area contributed by atoms with Crippen LogP contribution in [-0.2, 0) is 10.0 Å². The fourth-order valence-electron chi connectivity index (χ4n) is 2.24. The molecule has 0 unspecified atom stereocenters. The van der Waals surface area contributed by atoms with E-state index in [0.29, 0.717) is 18.7 Å². The fraction of sp³-hybridized carbons (Fsp3) is 0.500. The number of nitrogens with one attached hydrogen (secondary N) is 2. The highest BCUT2D eigenvalue weighted by atomic mass is 35.5. The first-order valence-corrected chi connectivity index (χ1v) is 8.51. The van der Waals surface area contributed by atoms with Gasteiger partial charge in [-0.1, -0.05) is 12.1 Å². The summed E-state index contributed by atoms with van der Waals surface area (Å²) in [5.74, 6) is -0.145. The molecule has 1 aromatic rings. The molecule has 1 aromatic carbocycles. The zero-order valence-electron chi connectivity index (χ0n) is 12.9. The van der Waals surface area contributed by atoms with Crippen molar-refractivity contribution >= 4 is 40.6 Å². The van der Waals surface area contributed by atoms with Gasteiger partial charge in [0.25, 0.3) is 0 Å². The highest BCUT2D eigenvalue weighted by Crippen LogP contribution is 2.11. The first kappa shape index (κ1) is 22.3. The molecule has 0 saturated carbocycles. The van der Waals surface area contributed by atoms with E-state index in [9.17, 15) is 13.2 Å². The van der Waals surface area contributed by atoms with E-state index in [-0.39, 0.29) is 35.5 Å². The van der Waals surface area contributed by atoms with Gasteiger partial charge in [-0.25, -0.2) is 13.1 Å². The second-order valence-electron chi connectivity index (χ2n) is 5.07. The van der Waals surface area contributed by atoms with E-state index in [4.69, 9.17) is 0 Å². The summed E-state index contributed by atoms with van der Waals surface area (Å²) in [7, 11) is -3.56. The standard InChI is InChI=1S/C14H21N3O3S.2ClH/c1-12(18)13-3-2-4-14(11-13)21(19,20)16-7-10-17-8-5-15-6-9-17;;/h2-4,11,15-16H,5-10H2,1H3;2*1H. The van der Waals surface area contributed by atoms with Crippen LogP contribution in [0.1, 0.15) is 17.3 Å². The number of benzene rings is 1. The molecule has 1 fully saturated rings. The van der Waals surface area contributed by atoms with Crippen molar-refractivity contribution in [3.05, 3.63) is 29.8 Å². The Morgan fingerprint density at radius 3 is 2.52 bits per heavy atom. The zero-order chi connectivity index (χ0) is 15.3. The van der Waals surface area contributed by atoms with Gasteiger partial charge in [0, 0.05) is 44.8 Å². The Morgan fingerprint density at radius 1 is 1.26 bits per heavy atom. The third kappa shape index (κ3) is 6.74. The van der Waals surface area contributed by atoms with Gasteiger partial charge in [0.1, 0.15) is 0 Å². The number of halogens is 2. The molecule has 0 amide bonds. The molecule has 0 radical (unpaired) electrons. The van der Waals surface area contributed by atoms with Crippen LogP contribution in [0.5, 0.6) is 0 Å². The van der Waals surface area contributed by atoms with Gasteiger partial charge in [0.05, 0.1) is 4.90 Å². The molecule has 1 heterocycles. The average molecular weight is 384 g/mol. The van der Waals surface area contributed by atoms with Crippen LogP contribution in [-0.4, -0.2) is 58.4 Å². The van der Waals surface area contributed by atoms with Gasteiger partial charge in [0.2, 0.25) is 10.0 Å². The number of carbonyl (C=O) groups excluding carboxylic acids is 1. The lowest BCUT2D eigenvalue weighted by Gasteiger charge is -2.27. The summed E-state index contributed by atoms with van der Waals surface area (Å²) < 4.78 is 27.0. The normalized spacial score (nSPS) is 15.3. The number of piperazine rings is 1. The monoisotopic (exact) mass is 383 g/mol. The highest BCUT2D eigenvalue weighted by Gasteiger charge is 2.16. The number of ketones is 1. The number of carbonyl (C=O) groups is 1. The van der Waals surface area contributed by atoms with Crippen molar-refractivity contribution in [2.75, 3.05) is 39.3 Å². The summed E-state index contributed by atoms with van der Waals surface area (Å²) in [5, 5.41) is 3.25. The molecule has 0 aromatic heterocycles. The molecule has 0 atom stereocenters. The van der Waals surface area contributed by atoms with Crippen molar-refractivity contribution in [2.45, 2.75) is 11.8 Å². The Morgan fingerprint density at radius 2 is 1.91 bits per heavy atom. The molecular formula is C14H23Cl2N3O3S. The van der Waals surface area contributed by atoms with E-state index >= 15 is 0 Å². The predicted molar refractivity (Wildman–Crippen MR) is 95.4 cm³/mol. The molecule has 1 saturated heterocycles. The summed E-state index contributed by atoms with van der Waals surface area (Å²) in [6.45, 7) is 6.22. The number of nitrogens with zero attached hydrogens (tertiary/aromatic N) is 1. The van der Waals surface area contributed by atoms with Gasteiger partial charge in [-0.15, -0.1) is 24.8 Å². The molecule has 9 heteroatoms. The van der Waals surface area contributed by atoms with Gasteiger partial charge < -0.3 is 5.32 Å². The summed E-state index contributed by atoms with van der Waals surface area (Å²) >= 11 is 0. The van der Waals surface area contributed by atoms with Crippen LogP contribution in [0.4, 0.5) is 0 Å². The third-order valence-corrected chi connectivity index (χ3v) is 4.94. The molecule has 1 aliphatic heterocycles.